The summed E-state index contributed by atoms with van der Waals surface area (Å²) in [6.45, 7) is 1.79. The molecule has 0 atom stereocenters. The van der Waals surface area contributed by atoms with Gasteiger partial charge in [0.25, 0.3) is 5.91 Å². The Morgan fingerprint density at radius 1 is 1.33 bits per heavy atom. The molecule has 1 aromatic rings. The van der Waals surface area contributed by atoms with Gasteiger partial charge >= 0.3 is 0 Å². The minimum absolute atomic E-state index is 0.0307. The van der Waals surface area contributed by atoms with Crippen molar-refractivity contribution in [1.82, 2.24) is 9.62 Å². The normalized spacial score (nSPS) is 18.5. The second kappa shape index (κ2) is 7.26. The third kappa shape index (κ3) is 4.38. The van der Waals surface area contributed by atoms with E-state index in [0.29, 0.717) is 26.3 Å². The van der Waals surface area contributed by atoms with Crippen molar-refractivity contribution in [2.75, 3.05) is 32.9 Å². The Balaban J connectivity index is 1.71. The zero-order chi connectivity index (χ0) is 17.2. The minimum atomic E-state index is -3.73. The molecular weight excluding hydrogens is 356 g/mol. The van der Waals surface area contributed by atoms with Gasteiger partial charge in [-0.2, -0.15) is 0 Å². The van der Waals surface area contributed by atoms with Crippen LogP contribution in [0.1, 0.15) is 12.8 Å². The number of ether oxygens (including phenoxy) is 2. The number of hydrogen-bond acceptors (Lipinski definition) is 5. The molecule has 1 N–H and O–H groups in total. The van der Waals surface area contributed by atoms with Crippen LogP contribution in [-0.2, 0) is 19.6 Å². The predicted octanol–water partition coefficient (Wildman–Crippen LogP) is 1.02. The van der Waals surface area contributed by atoms with Crippen molar-refractivity contribution in [3.63, 3.8) is 0 Å². The number of morpholine rings is 1. The molecule has 0 radical (unpaired) electrons. The molecule has 2 fully saturated rings. The molecular formula is C15H19ClN2O5S. The fourth-order valence-electron chi connectivity index (χ4n) is 2.34. The lowest BCUT2D eigenvalue weighted by atomic mass is 10.3. The van der Waals surface area contributed by atoms with Crippen LogP contribution in [0.3, 0.4) is 0 Å². The summed E-state index contributed by atoms with van der Waals surface area (Å²) in [5.41, 5.74) is 0. The van der Waals surface area contributed by atoms with Gasteiger partial charge in [0.05, 0.1) is 13.2 Å². The highest BCUT2D eigenvalue weighted by Gasteiger charge is 2.30. The van der Waals surface area contributed by atoms with Crippen LogP contribution < -0.4 is 9.46 Å². The SMILES string of the molecule is O=C(COc1ccc(Cl)cc1S(=O)(=O)NC1CC1)N1CCOCC1. The van der Waals surface area contributed by atoms with Crippen LogP contribution in [0, 0.1) is 0 Å². The van der Waals surface area contributed by atoms with Crippen molar-refractivity contribution in [2.45, 2.75) is 23.8 Å². The molecule has 1 saturated carbocycles. The van der Waals surface area contributed by atoms with E-state index in [4.69, 9.17) is 21.1 Å². The second-order valence-corrected chi connectivity index (χ2v) is 7.89. The summed E-state index contributed by atoms with van der Waals surface area (Å²) in [7, 11) is -3.73. The van der Waals surface area contributed by atoms with E-state index in [1.807, 2.05) is 0 Å². The maximum atomic E-state index is 12.4. The lowest BCUT2D eigenvalue weighted by Gasteiger charge is -2.26. The smallest absolute Gasteiger partial charge is 0.260 e. The molecule has 1 amide bonds. The summed E-state index contributed by atoms with van der Waals surface area (Å²) >= 11 is 5.92. The topological polar surface area (TPSA) is 84.9 Å². The quantitative estimate of drug-likeness (QED) is 0.803. The highest BCUT2D eigenvalue weighted by atomic mass is 35.5. The van der Waals surface area contributed by atoms with Crippen LogP contribution in [0.15, 0.2) is 23.1 Å². The van der Waals surface area contributed by atoms with E-state index < -0.39 is 10.0 Å². The summed E-state index contributed by atoms with van der Waals surface area (Å²) in [6, 6.07) is 4.31. The number of amides is 1. The van der Waals surface area contributed by atoms with E-state index in [-0.39, 0.29) is 34.2 Å². The predicted molar refractivity (Wildman–Crippen MR) is 87.7 cm³/mol. The van der Waals surface area contributed by atoms with E-state index in [1.165, 1.54) is 18.2 Å². The third-order valence-electron chi connectivity index (χ3n) is 3.81. The van der Waals surface area contributed by atoms with Gasteiger partial charge in [0.15, 0.2) is 6.61 Å². The Morgan fingerprint density at radius 2 is 2.04 bits per heavy atom. The van der Waals surface area contributed by atoms with Crippen molar-refractivity contribution in [2.24, 2.45) is 0 Å². The number of carbonyl (C=O) groups excluding carboxylic acids is 1. The van der Waals surface area contributed by atoms with Gasteiger partial charge in [-0.1, -0.05) is 11.6 Å². The minimum Gasteiger partial charge on any atom is -0.482 e. The summed E-state index contributed by atoms with van der Waals surface area (Å²) in [5, 5.41) is 0.290. The first-order valence-electron chi connectivity index (χ1n) is 7.76. The molecule has 1 saturated heterocycles. The Bertz CT molecular complexity index is 715. The zero-order valence-corrected chi connectivity index (χ0v) is 14.6. The molecule has 3 rings (SSSR count). The molecule has 1 aliphatic carbocycles. The lowest BCUT2D eigenvalue weighted by molar-refractivity contribution is -0.137. The fraction of sp³-hybridized carbons (Fsp3) is 0.533. The van der Waals surface area contributed by atoms with Gasteiger partial charge < -0.3 is 14.4 Å². The standard InChI is InChI=1S/C15H19ClN2O5S/c16-11-1-4-13(14(9-11)24(20,21)17-12-2-3-12)23-10-15(19)18-5-7-22-8-6-18/h1,4,9,12,17H,2-3,5-8,10H2. The molecule has 7 nitrogen and oxygen atoms in total. The Hall–Kier alpha value is -1.35. The maximum Gasteiger partial charge on any atom is 0.260 e. The van der Waals surface area contributed by atoms with Gasteiger partial charge in [-0.15, -0.1) is 0 Å². The molecule has 1 aromatic carbocycles. The van der Waals surface area contributed by atoms with Crippen LogP contribution in [0.5, 0.6) is 5.75 Å². The number of sulfonamides is 1. The Labute approximate surface area is 145 Å². The summed E-state index contributed by atoms with van der Waals surface area (Å²) < 4.78 is 38.1. The van der Waals surface area contributed by atoms with Crippen molar-refractivity contribution < 1.29 is 22.7 Å². The first kappa shape index (κ1) is 17.5. The molecule has 9 heteroatoms. The maximum absolute atomic E-state index is 12.4. The van der Waals surface area contributed by atoms with E-state index >= 15 is 0 Å². The van der Waals surface area contributed by atoms with Gasteiger partial charge in [-0.25, -0.2) is 13.1 Å². The summed E-state index contributed by atoms with van der Waals surface area (Å²) in [4.78, 5) is 13.7. The third-order valence-corrected chi connectivity index (χ3v) is 5.59. The van der Waals surface area contributed by atoms with Crippen molar-refractivity contribution in [3.8, 4) is 5.75 Å². The molecule has 0 spiro atoms. The number of benzene rings is 1. The van der Waals surface area contributed by atoms with Gasteiger partial charge in [0, 0.05) is 24.2 Å². The Morgan fingerprint density at radius 3 is 2.71 bits per heavy atom. The van der Waals surface area contributed by atoms with Gasteiger partial charge in [0.2, 0.25) is 10.0 Å². The Kier molecular flexibility index (Phi) is 5.29. The largest absolute Gasteiger partial charge is 0.482 e. The van der Waals surface area contributed by atoms with E-state index in [0.717, 1.165) is 12.8 Å². The first-order valence-corrected chi connectivity index (χ1v) is 9.62. The molecule has 0 aromatic heterocycles. The molecule has 0 unspecified atom stereocenters. The van der Waals surface area contributed by atoms with Crippen LogP contribution in [0.25, 0.3) is 0 Å². The number of carbonyl (C=O) groups is 1. The monoisotopic (exact) mass is 374 g/mol. The van der Waals surface area contributed by atoms with Crippen LogP contribution in [0.4, 0.5) is 0 Å². The zero-order valence-electron chi connectivity index (χ0n) is 13.0. The second-order valence-electron chi connectivity index (χ2n) is 5.77. The van der Waals surface area contributed by atoms with Gasteiger partial charge in [-0.05, 0) is 31.0 Å². The fourth-order valence-corrected chi connectivity index (χ4v) is 4.05. The number of nitrogens with one attached hydrogen (secondary N) is 1. The first-order chi connectivity index (χ1) is 11.5. The average Bonchev–Trinajstić information content (AvgIpc) is 3.37. The molecule has 2 aliphatic rings. The van der Waals surface area contributed by atoms with Crippen molar-refractivity contribution in [3.05, 3.63) is 23.2 Å². The van der Waals surface area contributed by atoms with Crippen LogP contribution in [0.2, 0.25) is 5.02 Å². The highest BCUT2D eigenvalue weighted by molar-refractivity contribution is 7.89. The summed E-state index contributed by atoms with van der Waals surface area (Å²) in [6.07, 6.45) is 1.65. The van der Waals surface area contributed by atoms with Gasteiger partial charge in [0.1, 0.15) is 10.6 Å². The van der Waals surface area contributed by atoms with Crippen LogP contribution in [-0.4, -0.2) is 58.2 Å². The molecule has 132 valence electrons. The molecule has 24 heavy (non-hydrogen) atoms. The molecule has 0 bridgehead atoms. The molecule has 1 heterocycles. The molecule has 1 aliphatic heterocycles. The number of rotatable bonds is 6. The van der Waals surface area contributed by atoms with Crippen molar-refractivity contribution >= 4 is 27.5 Å². The number of nitrogens with zero attached hydrogens (tertiary/aromatic N) is 1. The number of halogens is 1. The lowest BCUT2D eigenvalue weighted by Crippen LogP contribution is -2.43. The average molecular weight is 375 g/mol. The van der Waals surface area contributed by atoms with Crippen LogP contribution >= 0.6 is 11.6 Å². The summed E-state index contributed by atoms with van der Waals surface area (Å²) in [5.74, 6) is -0.0825. The number of hydrogen-bond donors (Lipinski definition) is 1. The van der Waals surface area contributed by atoms with Gasteiger partial charge in [-0.3, -0.25) is 4.79 Å². The highest BCUT2D eigenvalue weighted by Crippen LogP contribution is 2.30. The van der Waals surface area contributed by atoms with E-state index in [9.17, 15) is 13.2 Å². The van der Waals surface area contributed by atoms with E-state index in [1.54, 1.807) is 4.90 Å². The van der Waals surface area contributed by atoms with Crippen molar-refractivity contribution in [1.29, 1.82) is 0 Å². The van der Waals surface area contributed by atoms with E-state index in [2.05, 4.69) is 4.72 Å².